The zero-order valence-electron chi connectivity index (χ0n) is 11.9. The molecule has 1 N–H and O–H groups in total. The van der Waals surface area contributed by atoms with E-state index in [-0.39, 0.29) is 11.9 Å². The van der Waals surface area contributed by atoms with Crippen LogP contribution in [0.1, 0.15) is 39.4 Å². The highest BCUT2D eigenvalue weighted by Crippen LogP contribution is 2.32. The summed E-state index contributed by atoms with van der Waals surface area (Å²) in [6.45, 7) is 6.04. The van der Waals surface area contributed by atoms with Crippen molar-refractivity contribution in [1.29, 1.82) is 0 Å². The van der Waals surface area contributed by atoms with Crippen molar-refractivity contribution in [2.24, 2.45) is 0 Å². The maximum atomic E-state index is 14.3. The Balaban J connectivity index is 2.47. The Labute approximate surface area is 118 Å². The summed E-state index contributed by atoms with van der Waals surface area (Å²) in [5.74, 6) is -0.122. The minimum atomic E-state index is -0.122. The Morgan fingerprint density at radius 3 is 2.53 bits per heavy atom. The fourth-order valence-electron chi connectivity index (χ4n) is 2.46. The van der Waals surface area contributed by atoms with Gasteiger partial charge in [0.25, 0.3) is 0 Å². The molecule has 1 aromatic heterocycles. The quantitative estimate of drug-likeness (QED) is 0.874. The smallest absolute Gasteiger partial charge is 0.128 e. The maximum Gasteiger partial charge on any atom is 0.128 e. The van der Waals surface area contributed by atoms with Crippen molar-refractivity contribution in [3.05, 3.63) is 56.5 Å². The van der Waals surface area contributed by atoms with Gasteiger partial charge in [0, 0.05) is 15.3 Å². The van der Waals surface area contributed by atoms with Gasteiger partial charge in [-0.1, -0.05) is 13.0 Å². The lowest BCUT2D eigenvalue weighted by Crippen LogP contribution is -2.19. The molecule has 0 spiro atoms. The molecule has 1 unspecified atom stereocenters. The molecule has 19 heavy (non-hydrogen) atoms. The molecule has 0 radical (unpaired) electrons. The van der Waals surface area contributed by atoms with Gasteiger partial charge in [-0.05, 0) is 56.6 Å². The molecule has 0 fully saturated rings. The topological polar surface area (TPSA) is 12.0 Å². The number of hydrogen-bond donors (Lipinski definition) is 1. The van der Waals surface area contributed by atoms with Gasteiger partial charge in [0.1, 0.15) is 5.82 Å². The van der Waals surface area contributed by atoms with Gasteiger partial charge in [-0.3, -0.25) is 0 Å². The zero-order chi connectivity index (χ0) is 14.0. The van der Waals surface area contributed by atoms with Crippen molar-refractivity contribution >= 4 is 11.3 Å². The summed E-state index contributed by atoms with van der Waals surface area (Å²) in [7, 11) is 1.88. The molecule has 2 aromatic rings. The van der Waals surface area contributed by atoms with E-state index in [4.69, 9.17) is 0 Å². The second-order valence-electron chi connectivity index (χ2n) is 4.86. The van der Waals surface area contributed by atoms with E-state index in [1.165, 1.54) is 9.75 Å². The van der Waals surface area contributed by atoms with E-state index < -0.39 is 0 Å². The largest absolute Gasteiger partial charge is 0.309 e. The summed E-state index contributed by atoms with van der Waals surface area (Å²) in [5.41, 5.74) is 2.73. The fourth-order valence-corrected chi connectivity index (χ4v) is 3.53. The Morgan fingerprint density at radius 1 is 1.26 bits per heavy atom. The number of rotatable bonds is 4. The van der Waals surface area contributed by atoms with Crippen LogP contribution in [0.4, 0.5) is 4.39 Å². The molecule has 0 aliphatic heterocycles. The van der Waals surface area contributed by atoms with Crippen molar-refractivity contribution in [3.8, 4) is 0 Å². The first kappa shape index (κ1) is 14.2. The molecule has 1 aromatic carbocycles. The Hall–Kier alpha value is -1.19. The van der Waals surface area contributed by atoms with E-state index in [0.717, 1.165) is 23.1 Å². The lowest BCUT2D eigenvalue weighted by molar-refractivity contribution is 0.575. The van der Waals surface area contributed by atoms with E-state index in [2.05, 4.69) is 24.4 Å². The Morgan fingerprint density at radius 2 is 2.00 bits per heavy atom. The number of hydrogen-bond acceptors (Lipinski definition) is 2. The summed E-state index contributed by atoms with van der Waals surface area (Å²) < 4.78 is 14.3. The average molecular weight is 277 g/mol. The summed E-state index contributed by atoms with van der Waals surface area (Å²) in [6.07, 6.45) is 1.02. The molecular weight excluding hydrogens is 257 g/mol. The number of nitrogens with one attached hydrogen (secondary N) is 1. The van der Waals surface area contributed by atoms with Crippen LogP contribution >= 0.6 is 11.3 Å². The van der Waals surface area contributed by atoms with Crippen molar-refractivity contribution in [2.45, 2.75) is 33.2 Å². The second kappa shape index (κ2) is 5.85. The summed E-state index contributed by atoms with van der Waals surface area (Å²) in [6, 6.07) is 7.82. The minimum absolute atomic E-state index is 0.0640. The van der Waals surface area contributed by atoms with Crippen molar-refractivity contribution < 1.29 is 4.39 Å². The van der Waals surface area contributed by atoms with Crippen molar-refractivity contribution in [3.63, 3.8) is 0 Å². The van der Waals surface area contributed by atoms with Gasteiger partial charge in [-0.15, -0.1) is 11.3 Å². The molecule has 2 rings (SSSR count). The number of halogens is 1. The Kier molecular flexibility index (Phi) is 4.38. The van der Waals surface area contributed by atoms with E-state index in [1.54, 1.807) is 17.4 Å². The van der Waals surface area contributed by atoms with Gasteiger partial charge in [-0.2, -0.15) is 0 Å². The number of aryl methyl sites for hydroxylation is 3. The Bertz CT molecular complexity index is 551. The molecule has 1 nitrogen and oxygen atoms in total. The average Bonchev–Trinajstić information content (AvgIpc) is 2.81. The van der Waals surface area contributed by atoms with Gasteiger partial charge in [0.15, 0.2) is 0 Å². The lowest BCUT2D eigenvalue weighted by atomic mass is 9.97. The molecule has 0 saturated heterocycles. The fraction of sp³-hybridized carbons (Fsp3) is 0.375. The third-order valence-electron chi connectivity index (χ3n) is 3.37. The molecule has 0 saturated carbocycles. The SMILES string of the molecule is CCc1ccc(C(NC)c2c(C)cc(C)cc2F)s1. The van der Waals surface area contributed by atoms with Crippen LogP contribution in [0.5, 0.6) is 0 Å². The summed E-state index contributed by atoms with van der Waals surface area (Å²) in [4.78, 5) is 2.51. The van der Waals surface area contributed by atoms with E-state index >= 15 is 0 Å². The van der Waals surface area contributed by atoms with Gasteiger partial charge in [0.2, 0.25) is 0 Å². The third kappa shape index (κ3) is 2.88. The van der Waals surface area contributed by atoms with Gasteiger partial charge < -0.3 is 5.32 Å². The maximum absolute atomic E-state index is 14.3. The van der Waals surface area contributed by atoms with E-state index in [1.807, 2.05) is 27.0 Å². The van der Waals surface area contributed by atoms with E-state index in [9.17, 15) is 4.39 Å². The van der Waals surface area contributed by atoms with Crippen LogP contribution in [0.3, 0.4) is 0 Å². The predicted molar refractivity (Wildman–Crippen MR) is 80.5 cm³/mol. The molecule has 0 aliphatic rings. The first-order valence-electron chi connectivity index (χ1n) is 6.59. The standard InChI is InChI=1S/C16H20FNS/c1-5-12-6-7-14(19-12)16(18-4)15-11(3)8-10(2)9-13(15)17/h6-9,16,18H,5H2,1-4H3. The third-order valence-corrected chi connectivity index (χ3v) is 4.67. The lowest BCUT2D eigenvalue weighted by Gasteiger charge is -2.19. The first-order valence-corrected chi connectivity index (χ1v) is 7.41. The van der Waals surface area contributed by atoms with Crippen LogP contribution in [0.2, 0.25) is 0 Å². The normalized spacial score (nSPS) is 12.7. The zero-order valence-corrected chi connectivity index (χ0v) is 12.7. The van der Waals surface area contributed by atoms with Gasteiger partial charge in [-0.25, -0.2) is 4.39 Å². The predicted octanol–water partition coefficient (Wildman–Crippen LogP) is 4.38. The molecule has 0 amide bonds. The molecule has 1 heterocycles. The molecule has 0 aliphatic carbocycles. The molecule has 102 valence electrons. The van der Waals surface area contributed by atoms with Crippen molar-refractivity contribution in [2.75, 3.05) is 7.05 Å². The summed E-state index contributed by atoms with van der Waals surface area (Å²) in [5, 5.41) is 3.24. The van der Waals surface area contributed by atoms with Crippen LogP contribution < -0.4 is 5.32 Å². The number of thiophene rings is 1. The highest BCUT2D eigenvalue weighted by molar-refractivity contribution is 7.12. The molecule has 0 bridgehead atoms. The minimum Gasteiger partial charge on any atom is -0.309 e. The monoisotopic (exact) mass is 277 g/mol. The highest BCUT2D eigenvalue weighted by atomic mass is 32.1. The van der Waals surface area contributed by atoms with Crippen LogP contribution in [-0.2, 0) is 6.42 Å². The summed E-state index contributed by atoms with van der Waals surface area (Å²) >= 11 is 1.75. The van der Waals surface area contributed by atoms with Crippen LogP contribution in [0.15, 0.2) is 24.3 Å². The first-order chi connectivity index (χ1) is 9.06. The van der Waals surface area contributed by atoms with E-state index in [0.29, 0.717) is 0 Å². The second-order valence-corrected chi connectivity index (χ2v) is 6.06. The van der Waals surface area contributed by atoms with Crippen molar-refractivity contribution in [1.82, 2.24) is 5.32 Å². The van der Waals surface area contributed by atoms with Crippen LogP contribution in [-0.4, -0.2) is 7.05 Å². The molecular formula is C16H20FNS. The van der Waals surface area contributed by atoms with Gasteiger partial charge >= 0.3 is 0 Å². The molecule has 1 atom stereocenters. The molecule has 3 heteroatoms. The number of benzene rings is 1. The highest BCUT2D eigenvalue weighted by Gasteiger charge is 2.20. The van der Waals surface area contributed by atoms with Crippen LogP contribution in [0, 0.1) is 19.7 Å². The van der Waals surface area contributed by atoms with Crippen LogP contribution in [0.25, 0.3) is 0 Å². The van der Waals surface area contributed by atoms with Gasteiger partial charge in [0.05, 0.1) is 6.04 Å².